The van der Waals surface area contributed by atoms with Crippen LogP contribution in [0.4, 0.5) is 0 Å². The molecule has 0 amide bonds. The summed E-state index contributed by atoms with van der Waals surface area (Å²) in [5.41, 5.74) is 6.90. The third-order valence-corrected chi connectivity index (χ3v) is 2.43. The number of nitrogens with two attached hydrogens (primary N) is 1. The zero-order valence-electron chi connectivity index (χ0n) is 11.8. The van der Waals surface area contributed by atoms with Gasteiger partial charge in [0.1, 0.15) is 5.75 Å². The van der Waals surface area contributed by atoms with Gasteiger partial charge in [0, 0.05) is 5.54 Å². The summed E-state index contributed by atoms with van der Waals surface area (Å²) in [4.78, 5) is 4.43. The number of ether oxygens (including phenoxy) is 1. The van der Waals surface area contributed by atoms with E-state index in [2.05, 4.69) is 10.3 Å². The zero-order chi connectivity index (χ0) is 13.8. The summed E-state index contributed by atoms with van der Waals surface area (Å²) in [6.45, 7) is 8.16. The standard InChI is InChI=1S/C14H23N3O/c1-10(16-13(15)17-14(2,3)4)11-6-8-12(18-5)9-7-11/h6-10H,1-5H3,(H3,15,16,17). The molecule has 0 spiro atoms. The maximum atomic E-state index is 5.87. The van der Waals surface area contributed by atoms with Gasteiger partial charge in [-0.05, 0) is 45.4 Å². The van der Waals surface area contributed by atoms with Crippen LogP contribution < -0.4 is 15.8 Å². The van der Waals surface area contributed by atoms with E-state index >= 15 is 0 Å². The monoisotopic (exact) mass is 249 g/mol. The Hall–Kier alpha value is -1.71. The van der Waals surface area contributed by atoms with E-state index in [0.717, 1.165) is 11.3 Å². The first-order valence-electron chi connectivity index (χ1n) is 6.07. The Bertz CT molecular complexity index is 404. The maximum Gasteiger partial charge on any atom is 0.189 e. The first-order valence-corrected chi connectivity index (χ1v) is 6.07. The smallest absolute Gasteiger partial charge is 0.189 e. The van der Waals surface area contributed by atoms with Gasteiger partial charge < -0.3 is 15.8 Å². The fraction of sp³-hybridized carbons (Fsp3) is 0.500. The van der Waals surface area contributed by atoms with Crippen molar-refractivity contribution in [2.24, 2.45) is 10.7 Å². The fourth-order valence-corrected chi connectivity index (χ4v) is 1.58. The lowest BCUT2D eigenvalue weighted by Gasteiger charge is -2.22. The van der Waals surface area contributed by atoms with Gasteiger partial charge in [0.05, 0.1) is 13.2 Å². The van der Waals surface area contributed by atoms with Crippen molar-refractivity contribution in [3.05, 3.63) is 29.8 Å². The van der Waals surface area contributed by atoms with Crippen LogP contribution in [0, 0.1) is 0 Å². The number of hydrogen-bond acceptors (Lipinski definition) is 2. The number of aliphatic imine (C=N–C) groups is 1. The van der Waals surface area contributed by atoms with Crippen LogP contribution in [-0.2, 0) is 0 Å². The Balaban J connectivity index is 2.74. The van der Waals surface area contributed by atoms with Crippen molar-refractivity contribution in [1.82, 2.24) is 5.32 Å². The van der Waals surface area contributed by atoms with Crippen molar-refractivity contribution in [3.63, 3.8) is 0 Å². The van der Waals surface area contributed by atoms with E-state index in [1.54, 1.807) is 7.11 Å². The van der Waals surface area contributed by atoms with Gasteiger partial charge >= 0.3 is 0 Å². The van der Waals surface area contributed by atoms with Crippen molar-refractivity contribution in [2.75, 3.05) is 7.11 Å². The summed E-state index contributed by atoms with van der Waals surface area (Å²) < 4.78 is 5.12. The highest BCUT2D eigenvalue weighted by atomic mass is 16.5. The topological polar surface area (TPSA) is 59.6 Å². The highest BCUT2D eigenvalue weighted by Crippen LogP contribution is 2.19. The van der Waals surface area contributed by atoms with Crippen LogP contribution in [0.3, 0.4) is 0 Å². The zero-order valence-corrected chi connectivity index (χ0v) is 11.8. The lowest BCUT2D eigenvalue weighted by molar-refractivity contribution is 0.414. The normalized spacial score (nSPS) is 14.2. The van der Waals surface area contributed by atoms with Crippen molar-refractivity contribution < 1.29 is 4.74 Å². The van der Waals surface area contributed by atoms with Crippen LogP contribution in [0.5, 0.6) is 5.75 Å². The number of nitrogens with one attached hydrogen (secondary N) is 1. The Morgan fingerprint density at radius 3 is 2.28 bits per heavy atom. The Morgan fingerprint density at radius 2 is 1.83 bits per heavy atom. The van der Waals surface area contributed by atoms with Gasteiger partial charge in [-0.2, -0.15) is 0 Å². The minimum Gasteiger partial charge on any atom is -0.497 e. The molecule has 100 valence electrons. The predicted molar refractivity (Wildman–Crippen MR) is 75.9 cm³/mol. The minimum atomic E-state index is -0.0762. The van der Waals surface area contributed by atoms with Crippen LogP contribution >= 0.6 is 0 Å². The molecular weight excluding hydrogens is 226 g/mol. The summed E-state index contributed by atoms with van der Waals surface area (Å²) in [7, 11) is 1.65. The van der Waals surface area contributed by atoms with Gasteiger partial charge in [-0.3, -0.25) is 0 Å². The molecule has 0 bridgehead atoms. The number of hydrogen-bond donors (Lipinski definition) is 2. The van der Waals surface area contributed by atoms with Crippen LogP contribution in [-0.4, -0.2) is 18.6 Å². The SMILES string of the molecule is COc1ccc(C(C)N=C(N)NC(C)(C)C)cc1. The van der Waals surface area contributed by atoms with Gasteiger partial charge in [0.25, 0.3) is 0 Å². The van der Waals surface area contributed by atoms with Gasteiger partial charge in [-0.25, -0.2) is 4.99 Å². The molecule has 18 heavy (non-hydrogen) atoms. The Kier molecular flexibility index (Phi) is 4.59. The second kappa shape index (κ2) is 5.76. The minimum absolute atomic E-state index is 0.0192. The largest absolute Gasteiger partial charge is 0.497 e. The van der Waals surface area contributed by atoms with Crippen LogP contribution in [0.25, 0.3) is 0 Å². The predicted octanol–water partition coefficient (Wildman–Crippen LogP) is 2.46. The van der Waals surface area contributed by atoms with Crippen LogP contribution in [0.1, 0.15) is 39.3 Å². The van der Waals surface area contributed by atoms with E-state index in [0.29, 0.717) is 5.96 Å². The van der Waals surface area contributed by atoms with E-state index in [-0.39, 0.29) is 11.6 Å². The van der Waals surface area contributed by atoms with Gasteiger partial charge in [0.2, 0.25) is 0 Å². The van der Waals surface area contributed by atoms with Crippen molar-refractivity contribution in [3.8, 4) is 5.75 Å². The molecular formula is C14H23N3O. The maximum absolute atomic E-state index is 5.87. The molecule has 0 aliphatic rings. The molecule has 0 aromatic heterocycles. The average molecular weight is 249 g/mol. The Labute approximate surface area is 109 Å². The first-order chi connectivity index (χ1) is 8.31. The lowest BCUT2D eigenvalue weighted by atomic mass is 10.1. The van der Waals surface area contributed by atoms with Crippen molar-refractivity contribution in [1.29, 1.82) is 0 Å². The van der Waals surface area contributed by atoms with Crippen molar-refractivity contribution in [2.45, 2.75) is 39.3 Å². The third kappa shape index (κ3) is 4.65. The molecule has 0 radical (unpaired) electrons. The van der Waals surface area contributed by atoms with Gasteiger partial charge in [0.15, 0.2) is 5.96 Å². The fourth-order valence-electron chi connectivity index (χ4n) is 1.58. The summed E-state index contributed by atoms with van der Waals surface area (Å²) in [6, 6.07) is 7.86. The van der Waals surface area contributed by atoms with E-state index < -0.39 is 0 Å². The molecule has 1 unspecified atom stereocenters. The molecule has 0 saturated carbocycles. The number of nitrogens with zero attached hydrogens (tertiary/aromatic N) is 1. The van der Waals surface area contributed by atoms with Crippen LogP contribution in [0.15, 0.2) is 29.3 Å². The third-order valence-electron chi connectivity index (χ3n) is 2.43. The second-order valence-corrected chi connectivity index (χ2v) is 5.34. The highest BCUT2D eigenvalue weighted by molar-refractivity contribution is 5.78. The van der Waals surface area contributed by atoms with E-state index in [9.17, 15) is 0 Å². The molecule has 0 fully saturated rings. The van der Waals surface area contributed by atoms with Gasteiger partial charge in [-0.1, -0.05) is 12.1 Å². The van der Waals surface area contributed by atoms with Crippen LogP contribution in [0.2, 0.25) is 0 Å². The number of rotatable bonds is 3. The molecule has 0 aliphatic carbocycles. The molecule has 1 aromatic carbocycles. The molecule has 1 rings (SSSR count). The highest BCUT2D eigenvalue weighted by Gasteiger charge is 2.11. The molecule has 4 heteroatoms. The number of methoxy groups -OCH3 is 1. The number of guanidine groups is 1. The molecule has 1 aromatic rings. The quantitative estimate of drug-likeness (QED) is 0.639. The molecule has 0 aliphatic heterocycles. The molecule has 1 atom stereocenters. The van der Waals surface area contributed by atoms with E-state index in [1.165, 1.54) is 0 Å². The average Bonchev–Trinajstić information content (AvgIpc) is 2.26. The molecule has 0 heterocycles. The van der Waals surface area contributed by atoms with E-state index in [4.69, 9.17) is 10.5 Å². The summed E-state index contributed by atoms with van der Waals surface area (Å²) >= 11 is 0. The summed E-state index contributed by atoms with van der Waals surface area (Å²) in [5, 5.41) is 3.15. The van der Waals surface area contributed by atoms with Gasteiger partial charge in [-0.15, -0.1) is 0 Å². The first kappa shape index (κ1) is 14.4. The summed E-state index contributed by atoms with van der Waals surface area (Å²) in [5.74, 6) is 1.31. The summed E-state index contributed by atoms with van der Waals surface area (Å²) in [6.07, 6.45) is 0. The second-order valence-electron chi connectivity index (χ2n) is 5.34. The molecule has 0 saturated heterocycles. The Morgan fingerprint density at radius 1 is 1.28 bits per heavy atom. The molecule has 3 N–H and O–H groups in total. The van der Waals surface area contributed by atoms with Crippen molar-refractivity contribution >= 4 is 5.96 Å². The number of benzene rings is 1. The molecule has 4 nitrogen and oxygen atoms in total. The lowest BCUT2D eigenvalue weighted by Crippen LogP contribution is -2.45. The van der Waals surface area contributed by atoms with E-state index in [1.807, 2.05) is 52.0 Å².